The second-order valence-corrected chi connectivity index (χ2v) is 6.39. The predicted octanol–water partition coefficient (Wildman–Crippen LogP) is 3.77. The molecular formula is C22H22N2O6. The van der Waals surface area contributed by atoms with Crippen molar-refractivity contribution in [1.82, 2.24) is 5.32 Å². The monoisotopic (exact) mass is 410 g/mol. The number of aryl methyl sites for hydroxylation is 1. The molecule has 0 aliphatic rings. The molecule has 0 aliphatic heterocycles. The van der Waals surface area contributed by atoms with Gasteiger partial charge >= 0.3 is 0 Å². The Morgan fingerprint density at radius 2 is 1.70 bits per heavy atom. The van der Waals surface area contributed by atoms with Crippen molar-refractivity contribution in [3.63, 3.8) is 0 Å². The van der Waals surface area contributed by atoms with Crippen molar-refractivity contribution in [2.75, 3.05) is 28.4 Å². The van der Waals surface area contributed by atoms with Crippen LogP contribution >= 0.6 is 0 Å². The number of nitriles is 1. The normalized spacial score (nSPS) is 11.5. The molecule has 2 aromatic carbocycles. The molecule has 3 aromatic rings. The topological polar surface area (TPSA) is 103 Å². The summed E-state index contributed by atoms with van der Waals surface area (Å²) in [6.45, 7) is 1.70. The third-order valence-electron chi connectivity index (χ3n) is 4.72. The van der Waals surface area contributed by atoms with Crippen LogP contribution in [0.15, 0.2) is 34.7 Å². The fourth-order valence-corrected chi connectivity index (χ4v) is 3.27. The second kappa shape index (κ2) is 8.66. The Labute approximate surface area is 173 Å². The van der Waals surface area contributed by atoms with Crippen LogP contribution in [0.2, 0.25) is 0 Å². The van der Waals surface area contributed by atoms with E-state index in [1.165, 1.54) is 21.3 Å². The van der Waals surface area contributed by atoms with Gasteiger partial charge in [-0.15, -0.1) is 0 Å². The van der Waals surface area contributed by atoms with Gasteiger partial charge in [0.05, 0.1) is 40.1 Å². The highest BCUT2D eigenvalue weighted by atomic mass is 16.5. The summed E-state index contributed by atoms with van der Waals surface area (Å²) in [6.07, 6.45) is 0. The number of ether oxygens (including phenoxy) is 4. The van der Waals surface area contributed by atoms with E-state index in [9.17, 15) is 10.1 Å². The number of hydrogen-bond acceptors (Lipinski definition) is 7. The van der Waals surface area contributed by atoms with E-state index in [-0.39, 0.29) is 0 Å². The maximum absolute atomic E-state index is 13.1. The largest absolute Gasteiger partial charge is 0.497 e. The van der Waals surface area contributed by atoms with Crippen molar-refractivity contribution in [2.45, 2.75) is 13.0 Å². The number of carbonyl (C=O) groups excluding carboxylic acids is 1. The van der Waals surface area contributed by atoms with Crippen LogP contribution in [0.4, 0.5) is 0 Å². The Hall–Kier alpha value is -3.86. The molecule has 1 N–H and O–H groups in total. The summed E-state index contributed by atoms with van der Waals surface area (Å²) in [7, 11) is 6.00. The van der Waals surface area contributed by atoms with E-state index >= 15 is 0 Å². The third-order valence-corrected chi connectivity index (χ3v) is 4.72. The zero-order valence-electron chi connectivity index (χ0n) is 17.4. The molecule has 0 fully saturated rings. The first-order valence-corrected chi connectivity index (χ1v) is 9.04. The molecule has 1 unspecified atom stereocenters. The van der Waals surface area contributed by atoms with Gasteiger partial charge in [0.1, 0.15) is 23.1 Å². The number of rotatable bonds is 7. The van der Waals surface area contributed by atoms with E-state index in [1.807, 2.05) is 0 Å². The minimum Gasteiger partial charge on any atom is -0.497 e. The molecule has 0 bridgehead atoms. The maximum Gasteiger partial charge on any atom is 0.256 e. The average molecular weight is 410 g/mol. The highest BCUT2D eigenvalue weighted by molar-refractivity contribution is 6.07. The smallest absolute Gasteiger partial charge is 0.256 e. The zero-order valence-corrected chi connectivity index (χ0v) is 17.4. The van der Waals surface area contributed by atoms with E-state index in [2.05, 4.69) is 11.4 Å². The van der Waals surface area contributed by atoms with Gasteiger partial charge in [-0.2, -0.15) is 5.26 Å². The van der Waals surface area contributed by atoms with Gasteiger partial charge < -0.3 is 28.7 Å². The highest BCUT2D eigenvalue weighted by Crippen LogP contribution is 2.39. The van der Waals surface area contributed by atoms with Crippen LogP contribution in [0.1, 0.15) is 27.7 Å². The summed E-state index contributed by atoms with van der Waals surface area (Å²) in [5.41, 5.74) is 1.39. The molecule has 30 heavy (non-hydrogen) atoms. The number of methoxy groups -OCH3 is 4. The van der Waals surface area contributed by atoms with Gasteiger partial charge in [-0.25, -0.2) is 0 Å². The summed E-state index contributed by atoms with van der Waals surface area (Å²) in [4.78, 5) is 13.1. The van der Waals surface area contributed by atoms with E-state index < -0.39 is 11.9 Å². The first-order chi connectivity index (χ1) is 14.5. The Balaban J connectivity index is 1.99. The third kappa shape index (κ3) is 3.70. The van der Waals surface area contributed by atoms with Gasteiger partial charge in [0.25, 0.3) is 5.91 Å². The Bertz CT molecular complexity index is 1100. The lowest BCUT2D eigenvalue weighted by Crippen LogP contribution is -2.28. The maximum atomic E-state index is 13.1. The molecule has 1 aromatic heterocycles. The summed E-state index contributed by atoms with van der Waals surface area (Å²) in [5.74, 6) is 1.76. The fraction of sp³-hybridized carbons (Fsp3) is 0.273. The van der Waals surface area contributed by atoms with Crippen molar-refractivity contribution < 1.29 is 28.2 Å². The Kier molecular flexibility index (Phi) is 6.02. The molecule has 0 aliphatic carbocycles. The first-order valence-electron chi connectivity index (χ1n) is 9.04. The highest BCUT2D eigenvalue weighted by Gasteiger charge is 2.24. The van der Waals surface area contributed by atoms with Gasteiger partial charge in [0, 0.05) is 5.39 Å². The molecule has 1 atom stereocenters. The fourth-order valence-electron chi connectivity index (χ4n) is 3.27. The first kappa shape index (κ1) is 20.9. The van der Waals surface area contributed by atoms with E-state index in [0.717, 1.165) is 0 Å². The quantitative estimate of drug-likeness (QED) is 0.632. The number of nitrogens with zero attached hydrogens (tertiary/aromatic N) is 1. The van der Waals surface area contributed by atoms with Gasteiger partial charge in [-0.1, -0.05) is 0 Å². The van der Waals surface area contributed by atoms with Crippen LogP contribution in [0, 0.1) is 18.3 Å². The van der Waals surface area contributed by atoms with E-state index in [0.29, 0.717) is 50.9 Å². The summed E-state index contributed by atoms with van der Waals surface area (Å²) in [5, 5.41) is 13.1. The van der Waals surface area contributed by atoms with Crippen LogP contribution in [0.25, 0.3) is 11.0 Å². The van der Waals surface area contributed by atoms with Gasteiger partial charge in [-0.3, -0.25) is 4.79 Å². The number of benzene rings is 2. The van der Waals surface area contributed by atoms with Crippen LogP contribution in [0.5, 0.6) is 23.0 Å². The molecule has 1 heterocycles. The van der Waals surface area contributed by atoms with Crippen molar-refractivity contribution in [3.05, 3.63) is 47.2 Å². The molecule has 3 rings (SSSR count). The molecule has 0 saturated heterocycles. The molecule has 0 saturated carbocycles. The lowest BCUT2D eigenvalue weighted by atomic mass is 10.0. The summed E-state index contributed by atoms with van der Waals surface area (Å²) < 4.78 is 26.9. The summed E-state index contributed by atoms with van der Waals surface area (Å²) >= 11 is 0. The van der Waals surface area contributed by atoms with Crippen LogP contribution in [-0.4, -0.2) is 34.3 Å². The van der Waals surface area contributed by atoms with E-state index in [1.54, 1.807) is 44.4 Å². The van der Waals surface area contributed by atoms with Crippen molar-refractivity contribution in [2.24, 2.45) is 0 Å². The van der Waals surface area contributed by atoms with Gasteiger partial charge in [0.2, 0.25) is 5.75 Å². The molecule has 156 valence electrons. The number of carbonyl (C=O) groups is 1. The van der Waals surface area contributed by atoms with Crippen molar-refractivity contribution in [1.29, 1.82) is 5.26 Å². The Morgan fingerprint density at radius 3 is 2.23 bits per heavy atom. The minimum atomic E-state index is -0.957. The molecule has 0 spiro atoms. The average Bonchev–Trinajstić information content (AvgIpc) is 3.10. The van der Waals surface area contributed by atoms with Gasteiger partial charge in [0.15, 0.2) is 11.5 Å². The van der Waals surface area contributed by atoms with Crippen LogP contribution in [0.3, 0.4) is 0 Å². The number of furan rings is 1. The lowest BCUT2D eigenvalue weighted by Gasteiger charge is -2.17. The number of nitrogens with one attached hydrogen (secondary N) is 1. The number of amides is 1. The van der Waals surface area contributed by atoms with Crippen molar-refractivity contribution in [3.8, 4) is 29.1 Å². The number of fused-ring (bicyclic) bond motifs is 1. The molecular weight excluding hydrogens is 388 g/mol. The minimum absolute atomic E-state index is 0.344. The predicted molar refractivity (Wildman–Crippen MR) is 109 cm³/mol. The van der Waals surface area contributed by atoms with Crippen LogP contribution < -0.4 is 24.3 Å². The Morgan fingerprint density at radius 1 is 1.03 bits per heavy atom. The van der Waals surface area contributed by atoms with Gasteiger partial charge in [-0.05, 0) is 42.8 Å². The standard InChI is InChI=1S/C22H22N2O6/c1-12-20(15-10-14(26-2)6-7-17(15)30-12)22(25)24-16(11-23)13-8-18(27-3)21(29-5)19(9-13)28-4/h6-10,16H,1-5H3,(H,24,25). The second-order valence-electron chi connectivity index (χ2n) is 6.39. The SMILES string of the molecule is COc1ccc2oc(C)c(C(=O)NC(C#N)c3cc(OC)c(OC)c(OC)c3)c2c1. The lowest BCUT2D eigenvalue weighted by molar-refractivity contribution is 0.0945. The zero-order chi connectivity index (χ0) is 21.8. The molecule has 1 amide bonds. The molecule has 8 heteroatoms. The van der Waals surface area contributed by atoms with E-state index in [4.69, 9.17) is 23.4 Å². The molecule has 0 radical (unpaired) electrons. The van der Waals surface area contributed by atoms with Crippen molar-refractivity contribution >= 4 is 16.9 Å². The number of hydrogen-bond donors (Lipinski definition) is 1. The van der Waals surface area contributed by atoms with Crippen LogP contribution in [-0.2, 0) is 0 Å². The summed E-state index contributed by atoms with van der Waals surface area (Å²) in [6, 6.07) is 9.60. The molecule has 8 nitrogen and oxygen atoms in total.